The highest BCUT2D eigenvalue weighted by molar-refractivity contribution is 5.89. The van der Waals surface area contributed by atoms with E-state index in [0.717, 1.165) is 5.76 Å². The van der Waals surface area contributed by atoms with Crippen LogP contribution in [0.25, 0.3) is 0 Å². The van der Waals surface area contributed by atoms with Crippen molar-refractivity contribution >= 4 is 5.91 Å². The molecular formula is C12H20N2O2. The first kappa shape index (κ1) is 12.8. The van der Waals surface area contributed by atoms with Gasteiger partial charge in [0.2, 0.25) is 0 Å². The fourth-order valence-electron chi connectivity index (χ4n) is 1.17. The van der Waals surface area contributed by atoms with Crippen LogP contribution in [0.3, 0.4) is 0 Å². The molecule has 1 amide bonds. The van der Waals surface area contributed by atoms with Gasteiger partial charge in [0.1, 0.15) is 5.76 Å². The number of primary amides is 1. The number of rotatable bonds is 4. The smallest absolute Gasteiger partial charge is 0.284 e. The summed E-state index contributed by atoms with van der Waals surface area (Å²) in [5.41, 5.74) is 5.29. The summed E-state index contributed by atoms with van der Waals surface area (Å²) in [5, 5.41) is 3.35. The van der Waals surface area contributed by atoms with E-state index in [0.29, 0.717) is 12.6 Å². The van der Waals surface area contributed by atoms with E-state index >= 15 is 0 Å². The zero-order valence-corrected chi connectivity index (χ0v) is 10.3. The Bertz CT molecular complexity index is 363. The van der Waals surface area contributed by atoms with Crippen molar-refractivity contribution in [1.82, 2.24) is 5.32 Å². The average molecular weight is 224 g/mol. The highest BCUT2D eigenvalue weighted by Crippen LogP contribution is 2.19. The average Bonchev–Trinajstić information content (AvgIpc) is 2.60. The summed E-state index contributed by atoms with van der Waals surface area (Å²) in [5.74, 6) is 0.403. The summed E-state index contributed by atoms with van der Waals surface area (Å²) >= 11 is 0. The molecule has 0 radical (unpaired) electrons. The number of furan rings is 1. The number of amides is 1. The lowest BCUT2D eigenvalue weighted by Crippen LogP contribution is -2.37. The van der Waals surface area contributed by atoms with Crippen molar-refractivity contribution in [3.05, 3.63) is 23.7 Å². The van der Waals surface area contributed by atoms with Crippen LogP contribution >= 0.6 is 0 Å². The van der Waals surface area contributed by atoms with Gasteiger partial charge in [-0.2, -0.15) is 0 Å². The zero-order chi connectivity index (χ0) is 12.3. The zero-order valence-electron chi connectivity index (χ0n) is 10.3. The third kappa shape index (κ3) is 3.38. The molecule has 1 unspecified atom stereocenters. The maximum atomic E-state index is 10.8. The van der Waals surface area contributed by atoms with Crippen molar-refractivity contribution in [2.24, 2.45) is 11.1 Å². The summed E-state index contributed by atoms with van der Waals surface area (Å²) in [6, 6.07) is 3.72. The number of nitrogens with one attached hydrogen (secondary N) is 1. The summed E-state index contributed by atoms with van der Waals surface area (Å²) in [7, 11) is 0. The Morgan fingerprint density at radius 3 is 2.56 bits per heavy atom. The van der Waals surface area contributed by atoms with Crippen LogP contribution in [0.1, 0.15) is 44.0 Å². The molecule has 0 bridgehead atoms. The third-order valence-electron chi connectivity index (χ3n) is 2.79. The SMILES string of the molecule is CC(NCc1ccc(C(N)=O)o1)C(C)(C)C. The molecule has 0 saturated carbocycles. The van der Waals surface area contributed by atoms with E-state index in [2.05, 4.69) is 33.0 Å². The van der Waals surface area contributed by atoms with E-state index in [4.69, 9.17) is 10.2 Å². The molecule has 4 heteroatoms. The summed E-state index contributed by atoms with van der Waals surface area (Å²) in [6.45, 7) is 9.23. The predicted octanol–water partition coefficient (Wildman–Crippen LogP) is 1.90. The van der Waals surface area contributed by atoms with Gasteiger partial charge in [-0.1, -0.05) is 20.8 Å². The second-order valence-electron chi connectivity index (χ2n) is 5.10. The van der Waals surface area contributed by atoms with Crippen LogP contribution in [0.4, 0.5) is 0 Å². The molecule has 0 fully saturated rings. The maximum Gasteiger partial charge on any atom is 0.284 e. The van der Waals surface area contributed by atoms with Crippen LogP contribution < -0.4 is 11.1 Å². The normalized spacial score (nSPS) is 13.8. The number of hydrogen-bond acceptors (Lipinski definition) is 3. The van der Waals surface area contributed by atoms with E-state index in [9.17, 15) is 4.79 Å². The van der Waals surface area contributed by atoms with E-state index < -0.39 is 5.91 Å². The third-order valence-corrected chi connectivity index (χ3v) is 2.79. The molecular weight excluding hydrogens is 204 g/mol. The molecule has 16 heavy (non-hydrogen) atoms. The molecule has 0 aliphatic carbocycles. The van der Waals surface area contributed by atoms with E-state index in [-0.39, 0.29) is 11.2 Å². The summed E-state index contributed by atoms with van der Waals surface area (Å²) in [6.07, 6.45) is 0. The molecule has 0 saturated heterocycles. The summed E-state index contributed by atoms with van der Waals surface area (Å²) in [4.78, 5) is 10.8. The van der Waals surface area contributed by atoms with Crippen molar-refractivity contribution in [1.29, 1.82) is 0 Å². The molecule has 0 aliphatic rings. The van der Waals surface area contributed by atoms with Gasteiger partial charge < -0.3 is 15.5 Å². The van der Waals surface area contributed by atoms with Gasteiger partial charge in [0.05, 0.1) is 6.54 Å². The molecule has 1 rings (SSSR count). The van der Waals surface area contributed by atoms with Gasteiger partial charge in [-0.15, -0.1) is 0 Å². The van der Waals surface area contributed by atoms with E-state index in [1.807, 2.05) is 0 Å². The molecule has 0 spiro atoms. The molecule has 0 aliphatic heterocycles. The van der Waals surface area contributed by atoms with Crippen LogP contribution in [0.5, 0.6) is 0 Å². The van der Waals surface area contributed by atoms with Crippen LogP contribution in [-0.2, 0) is 6.54 Å². The van der Waals surface area contributed by atoms with Gasteiger partial charge in [0, 0.05) is 6.04 Å². The highest BCUT2D eigenvalue weighted by atomic mass is 16.3. The monoisotopic (exact) mass is 224 g/mol. The lowest BCUT2D eigenvalue weighted by Gasteiger charge is -2.27. The minimum absolute atomic E-state index is 0.194. The number of carbonyl (C=O) groups excluding carboxylic acids is 1. The maximum absolute atomic E-state index is 10.8. The number of carbonyl (C=O) groups is 1. The van der Waals surface area contributed by atoms with E-state index in [1.165, 1.54) is 0 Å². The van der Waals surface area contributed by atoms with Crippen molar-refractivity contribution in [3.8, 4) is 0 Å². The van der Waals surface area contributed by atoms with Gasteiger partial charge in [-0.3, -0.25) is 4.79 Å². The van der Waals surface area contributed by atoms with Crippen molar-refractivity contribution in [2.75, 3.05) is 0 Å². The number of hydrogen-bond donors (Lipinski definition) is 2. The molecule has 1 aromatic heterocycles. The Labute approximate surface area is 96.2 Å². The van der Waals surface area contributed by atoms with Gasteiger partial charge in [0.25, 0.3) is 5.91 Å². The molecule has 3 N–H and O–H groups in total. The van der Waals surface area contributed by atoms with Crippen molar-refractivity contribution in [3.63, 3.8) is 0 Å². The highest BCUT2D eigenvalue weighted by Gasteiger charge is 2.19. The van der Waals surface area contributed by atoms with Crippen LogP contribution in [0, 0.1) is 5.41 Å². The molecule has 1 heterocycles. The van der Waals surface area contributed by atoms with Crippen LogP contribution in [-0.4, -0.2) is 11.9 Å². The van der Waals surface area contributed by atoms with Crippen molar-refractivity contribution < 1.29 is 9.21 Å². The molecule has 0 aromatic carbocycles. The first-order valence-corrected chi connectivity index (χ1v) is 5.42. The lowest BCUT2D eigenvalue weighted by molar-refractivity contribution is 0.0971. The number of nitrogens with two attached hydrogens (primary N) is 1. The lowest BCUT2D eigenvalue weighted by atomic mass is 9.88. The van der Waals surface area contributed by atoms with Gasteiger partial charge in [-0.05, 0) is 24.5 Å². The largest absolute Gasteiger partial charge is 0.455 e. The Kier molecular flexibility index (Phi) is 3.75. The molecule has 1 aromatic rings. The van der Waals surface area contributed by atoms with Gasteiger partial charge in [0.15, 0.2) is 5.76 Å². The van der Waals surface area contributed by atoms with Crippen LogP contribution in [0.15, 0.2) is 16.5 Å². The van der Waals surface area contributed by atoms with Gasteiger partial charge >= 0.3 is 0 Å². The fraction of sp³-hybridized carbons (Fsp3) is 0.583. The van der Waals surface area contributed by atoms with Gasteiger partial charge in [-0.25, -0.2) is 0 Å². The Balaban J connectivity index is 2.52. The predicted molar refractivity (Wildman–Crippen MR) is 63.0 cm³/mol. The van der Waals surface area contributed by atoms with E-state index in [1.54, 1.807) is 12.1 Å². The minimum atomic E-state index is -0.532. The second kappa shape index (κ2) is 4.70. The topological polar surface area (TPSA) is 68.3 Å². The molecule has 4 nitrogen and oxygen atoms in total. The standard InChI is InChI=1S/C12H20N2O2/c1-8(12(2,3)4)14-7-9-5-6-10(16-9)11(13)15/h5-6,8,14H,7H2,1-4H3,(H2,13,15). The summed E-state index contributed by atoms with van der Waals surface area (Å²) < 4.78 is 5.27. The molecule has 1 atom stereocenters. The molecule has 90 valence electrons. The van der Waals surface area contributed by atoms with Crippen molar-refractivity contribution in [2.45, 2.75) is 40.3 Å². The Morgan fingerprint density at radius 1 is 1.50 bits per heavy atom. The first-order valence-electron chi connectivity index (χ1n) is 5.42. The second-order valence-corrected chi connectivity index (χ2v) is 5.10. The van der Waals surface area contributed by atoms with Crippen LogP contribution in [0.2, 0.25) is 0 Å². The Hall–Kier alpha value is -1.29. The minimum Gasteiger partial charge on any atom is -0.455 e. The first-order chi connectivity index (χ1) is 7.30. The fourth-order valence-corrected chi connectivity index (χ4v) is 1.17. The quantitative estimate of drug-likeness (QED) is 0.820. The Morgan fingerprint density at radius 2 is 2.12 bits per heavy atom.